The van der Waals surface area contributed by atoms with Gasteiger partial charge in [-0.3, -0.25) is 4.79 Å². The zero-order valence-corrected chi connectivity index (χ0v) is 12.2. The molecule has 0 aliphatic carbocycles. The molecule has 0 aliphatic heterocycles. The van der Waals surface area contributed by atoms with E-state index in [1.54, 1.807) is 14.0 Å². The van der Waals surface area contributed by atoms with Gasteiger partial charge in [0.2, 0.25) is 0 Å². The molecule has 1 aromatic heterocycles. The van der Waals surface area contributed by atoms with E-state index in [0.29, 0.717) is 19.6 Å². The maximum Gasteiger partial charge on any atom is 0.409 e. The third-order valence-electron chi connectivity index (χ3n) is 2.47. The molecule has 106 valence electrons. The summed E-state index contributed by atoms with van der Waals surface area (Å²) >= 11 is 1.53. The van der Waals surface area contributed by atoms with Crippen molar-refractivity contribution in [2.24, 2.45) is 0 Å². The molecule has 1 rings (SSSR count). The van der Waals surface area contributed by atoms with Gasteiger partial charge >= 0.3 is 12.1 Å². The van der Waals surface area contributed by atoms with Crippen LogP contribution in [0.1, 0.15) is 31.2 Å². The Morgan fingerprint density at radius 3 is 2.74 bits per heavy atom. The van der Waals surface area contributed by atoms with Crippen LogP contribution in [0.3, 0.4) is 0 Å². The molecular formula is C13H19NO4S. The molecule has 5 nitrogen and oxygen atoms in total. The molecule has 0 aromatic carbocycles. The first kappa shape index (κ1) is 15.5. The zero-order valence-electron chi connectivity index (χ0n) is 11.4. The van der Waals surface area contributed by atoms with E-state index >= 15 is 0 Å². The molecule has 1 amide bonds. The van der Waals surface area contributed by atoms with Gasteiger partial charge in [-0.25, -0.2) is 4.79 Å². The Kier molecular flexibility index (Phi) is 6.35. The fourth-order valence-electron chi connectivity index (χ4n) is 1.57. The Morgan fingerprint density at radius 1 is 1.47 bits per heavy atom. The second-order valence-electron chi connectivity index (χ2n) is 4.02. The van der Waals surface area contributed by atoms with Crippen molar-refractivity contribution in [2.45, 2.75) is 26.4 Å². The normalized spacial score (nSPS) is 11.7. The average Bonchev–Trinajstić information content (AvgIpc) is 2.87. The number of hydrogen-bond donors (Lipinski definition) is 0. The molecule has 1 unspecified atom stereocenters. The van der Waals surface area contributed by atoms with Crippen LogP contribution in [-0.2, 0) is 14.3 Å². The van der Waals surface area contributed by atoms with Crippen LogP contribution < -0.4 is 0 Å². The summed E-state index contributed by atoms with van der Waals surface area (Å²) in [5.74, 6) is -0.322. The molecule has 1 aromatic rings. The first-order chi connectivity index (χ1) is 9.04. The summed E-state index contributed by atoms with van der Waals surface area (Å²) in [6.45, 7) is 3.96. The number of carbonyl (C=O) groups excluding carboxylic acids is 2. The number of thiophene rings is 1. The van der Waals surface area contributed by atoms with Gasteiger partial charge in [-0.1, -0.05) is 6.07 Å². The Balaban J connectivity index is 2.54. The molecule has 0 saturated carbocycles. The summed E-state index contributed by atoms with van der Waals surface area (Å²) in [7, 11) is 1.66. The molecule has 6 heteroatoms. The summed E-state index contributed by atoms with van der Waals surface area (Å²) in [6.07, 6.45) is -0.125. The summed E-state index contributed by atoms with van der Waals surface area (Å²) in [6, 6.07) is 3.83. The predicted molar refractivity (Wildman–Crippen MR) is 73.1 cm³/mol. The molecule has 0 fully saturated rings. The van der Waals surface area contributed by atoms with Crippen LogP contribution in [0.15, 0.2) is 17.5 Å². The first-order valence-electron chi connectivity index (χ1n) is 6.13. The highest BCUT2D eigenvalue weighted by Gasteiger charge is 2.18. The van der Waals surface area contributed by atoms with Gasteiger partial charge in [0.1, 0.15) is 6.10 Å². The van der Waals surface area contributed by atoms with Crippen molar-refractivity contribution >= 4 is 23.4 Å². The van der Waals surface area contributed by atoms with Crippen LogP contribution in [0, 0.1) is 0 Å². The molecular weight excluding hydrogens is 266 g/mol. The van der Waals surface area contributed by atoms with Crippen LogP contribution in [0.25, 0.3) is 0 Å². The lowest BCUT2D eigenvalue weighted by atomic mass is 10.2. The highest BCUT2D eigenvalue weighted by atomic mass is 32.1. The largest absolute Gasteiger partial charge is 0.457 e. The SMILES string of the molecule is CCOC(=O)N(C)CCC(OC(C)=O)c1cccs1. The van der Waals surface area contributed by atoms with Crippen molar-refractivity contribution in [1.29, 1.82) is 0 Å². The van der Waals surface area contributed by atoms with Crippen molar-refractivity contribution in [3.05, 3.63) is 22.4 Å². The molecule has 1 atom stereocenters. The lowest BCUT2D eigenvalue weighted by Gasteiger charge is -2.20. The van der Waals surface area contributed by atoms with Crippen LogP contribution in [0.2, 0.25) is 0 Å². The van der Waals surface area contributed by atoms with Gasteiger partial charge < -0.3 is 14.4 Å². The van der Waals surface area contributed by atoms with Crippen LogP contribution >= 0.6 is 11.3 Å². The number of rotatable bonds is 6. The number of ether oxygens (including phenoxy) is 2. The molecule has 0 saturated heterocycles. The fourth-order valence-corrected chi connectivity index (χ4v) is 2.36. The maximum absolute atomic E-state index is 11.5. The lowest BCUT2D eigenvalue weighted by Crippen LogP contribution is -2.29. The number of hydrogen-bond acceptors (Lipinski definition) is 5. The van der Waals surface area contributed by atoms with Gasteiger partial charge in [0, 0.05) is 31.8 Å². The highest BCUT2D eigenvalue weighted by Crippen LogP contribution is 2.26. The van der Waals surface area contributed by atoms with Crippen LogP contribution in [0.5, 0.6) is 0 Å². The van der Waals surface area contributed by atoms with E-state index in [1.807, 2.05) is 17.5 Å². The minimum absolute atomic E-state index is 0.311. The second-order valence-corrected chi connectivity index (χ2v) is 5.00. The summed E-state index contributed by atoms with van der Waals surface area (Å²) in [5, 5.41) is 1.93. The van der Waals surface area contributed by atoms with E-state index in [4.69, 9.17) is 9.47 Å². The summed E-state index contributed by atoms with van der Waals surface area (Å²) in [5.41, 5.74) is 0. The molecule has 19 heavy (non-hydrogen) atoms. The Morgan fingerprint density at radius 2 is 2.21 bits per heavy atom. The number of esters is 1. The van der Waals surface area contributed by atoms with Gasteiger partial charge in [0.05, 0.1) is 6.61 Å². The van der Waals surface area contributed by atoms with Gasteiger partial charge in [-0.05, 0) is 18.4 Å². The second kappa shape index (κ2) is 7.78. The van der Waals surface area contributed by atoms with Gasteiger partial charge in [0.25, 0.3) is 0 Å². The van der Waals surface area contributed by atoms with Gasteiger partial charge in [-0.15, -0.1) is 11.3 Å². The number of amides is 1. The quantitative estimate of drug-likeness (QED) is 0.754. The van der Waals surface area contributed by atoms with E-state index in [0.717, 1.165) is 4.88 Å². The smallest absolute Gasteiger partial charge is 0.409 e. The van der Waals surface area contributed by atoms with E-state index in [-0.39, 0.29) is 18.2 Å². The molecule has 0 spiro atoms. The molecule has 0 N–H and O–H groups in total. The molecule has 0 radical (unpaired) electrons. The topological polar surface area (TPSA) is 55.8 Å². The number of carbonyl (C=O) groups is 2. The third-order valence-corrected chi connectivity index (χ3v) is 3.44. The van der Waals surface area contributed by atoms with Crippen molar-refractivity contribution in [1.82, 2.24) is 4.90 Å². The molecule has 0 aliphatic rings. The minimum atomic E-state index is -0.366. The van der Waals surface area contributed by atoms with E-state index in [2.05, 4.69) is 0 Å². The van der Waals surface area contributed by atoms with Crippen LogP contribution in [-0.4, -0.2) is 37.2 Å². The minimum Gasteiger partial charge on any atom is -0.457 e. The standard InChI is InChI=1S/C13H19NO4S/c1-4-17-13(16)14(3)8-7-11(18-10(2)15)12-6-5-9-19-12/h5-6,9,11H,4,7-8H2,1-3H3. The monoisotopic (exact) mass is 285 g/mol. The summed E-state index contributed by atoms with van der Waals surface area (Å²) < 4.78 is 10.2. The predicted octanol–water partition coefficient (Wildman–Crippen LogP) is 2.83. The van der Waals surface area contributed by atoms with Crippen LogP contribution in [0.4, 0.5) is 4.79 Å². The van der Waals surface area contributed by atoms with Crippen molar-refractivity contribution in [3.8, 4) is 0 Å². The average molecular weight is 285 g/mol. The molecule has 0 bridgehead atoms. The first-order valence-corrected chi connectivity index (χ1v) is 7.01. The van der Waals surface area contributed by atoms with E-state index < -0.39 is 0 Å². The van der Waals surface area contributed by atoms with E-state index in [1.165, 1.54) is 23.2 Å². The fraction of sp³-hybridized carbons (Fsp3) is 0.538. The Labute approximate surface area is 117 Å². The van der Waals surface area contributed by atoms with Crippen molar-refractivity contribution in [2.75, 3.05) is 20.2 Å². The Bertz CT molecular complexity index is 405. The highest BCUT2D eigenvalue weighted by molar-refractivity contribution is 7.10. The zero-order chi connectivity index (χ0) is 14.3. The van der Waals surface area contributed by atoms with E-state index in [9.17, 15) is 9.59 Å². The third kappa shape index (κ3) is 5.30. The van der Waals surface area contributed by atoms with Crippen molar-refractivity contribution in [3.63, 3.8) is 0 Å². The molecule has 1 heterocycles. The summed E-state index contributed by atoms with van der Waals surface area (Å²) in [4.78, 5) is 25.0. The number of nitrogens with zero attached hydrogens (tertiary/aromatic N) is 1. The van der Waals surface area contributed by atoms with Gasteiger partial charge in [-0.2, -0.15) is 0 Å². The maximum atomic E-state index is 11.5. The van der Waals surface area contributed by atoms with Crippen molar-refractivity contribution < 1.29 is 19.1 Å². The van der Waals surface area contributed by atoms with Gasteiger partial charge in [0.15, 0.2) is 0 Å². The Hall–Kier alpha value is -1.56. The lowest BCUT2D eigenvalue weighted by molar-refractivity contribution is -0.147.